The number of anilines is 2. The van der Waals surface area contributed by atoms with Gasteiger partial charge in [-0.05, 0) is 56.6 Å². The average Bonchev–Trinajstić information content (AvgIpc) is 2.68. The molecule has 0 fully saturated rings. The van der Waals surface area contributed by atoms with Gasteiger partial charge in [0.05, 0.1) is 0 Å². The second kappa shape index (κ2) is 5.64. The summed E-state index contributed by atoms with van der Waals surface area (Å²) in [4.78, 5) is 0. The standard InChI is InChI=1S/C24H17N/c1-2-7-20-15-21(13-11-17(20)5-1)25-22-14-12-19-10-9-18-6-3-4-8-23(18)24(19)16-22/h1-16,25H. The smallest absolute Gasteiger partial charge is 0.0390 e. The van der Waals surface area contributed by atoms with Crippen LogP contribution in [0.1, 0.15) is 0 Å². The van der Waals surface area contributed by atoms with Crippen LogP contribution in [0, 0.1) is 0 Å². The molecule has 0 aliphatic rings. The topological polar surface area (TPSA) is 12.0 Å². The first kappa shape index (κ1) is 14.1. The number of fused-ring (bicyclic) bond motifs is 4. The molecule has 0 spiro atoms. The minimum Gasteiger partial charge on any atom is -0.355 e. The van der Waals surface area contributed by atoms with Crippen molar-refractivity contribution in [1.29, 1.82) is 0 Å². The fourth-order valence-corrected chi connectivity index (χ4v) is 3.51. The van der Waals surface area contributed by atoms with E-state index in [2.05, 4.69) is 102 Å². The van der Waals surface area contributed by atoms with E-state index in [1.165, 1.54) is 32.3 Å². The third-order valence-electron chi connectivity index (χ3n) is 4.78. The van der Waals surface area contributed by atoms with Gasteiger partial charge >= 0.3 is 0 Å². The van der Waals surface area contributed by atoms with Crippen LogP contribution in [-0.2, 0) is 0 Å². The van der Waals surface area contributed by atoms with Gasteiger partial charge in [-0.1, -0.05) is 72.8 Å². The average molecular weight is 319 g/mol. The van der Waals surface area contributed by atoms with Gasteiger partial charge in [0.1, 0.15) is 0 Å². The van der Waals surface area contributed by atoms with E-state index < -0.39 is 0 Å². The van der Waals surface area contributed by atoms with Crippen LogP contribution in [0.25, 0.3) is 32.3 Å². The van der Waals surface area contributed by atoms with Crippen LogP contribution in [-0.4, -0.2) is 0 Å². The molecule has 5 rings (SSSR count). The summed E-state index contributed by atoms with van der Waals surface area (Å²) in [5.41, 5.74) is 2.22. The third-order valence-corrected chi connectivity index (χ3v) is 4.78. The lowest BCUT2D eigenvalue weighted by molar-refractivity contribution is 1.59. The van der Waals surface area contributed by atoms with E-state index in [1.54, 1.807) is 0 Å². The van der Waals surface area contributed by atoms with E-state index in [0.717, 1.165) is 11.4 Å². The predicted octanol–water partition coefficient (Wildman–Crippen LogP) is 6.89. The zero-order valence-corrected chi connectivity index (χ0v) is 13.7. The summed E-state index contributed by atoms with van der Waals surface area (Å²) in [7, 11) is 0. The Bertz CT molecular complexity index is 1220. The lowest BCUT2D eigenvalue weighted by atomic mass is 10.0. The Morgan fingerprint density at radius 2 is 0.960 bits per heavy atom. The quantitative estimate of drug-likeness (QED) is 0.349. The Balaban J connectivity index is 1.60. The number of rotatable bonds is 2. The molecule has 0 unspecified atom stereocenters. The number of nitrogens with one attached hydrogen (secondary N) is 1. The van der Waals surface area contributed by atoms with Crippen molar-refractivity contribution in [2.45, 2.75) is 0 Å². The van der Waals surface area contributed by atoms with Crippen LogP contribution < -0.4 is 5.32 Å². The summed E-state index contributed by atoms with van der Waals surface area (Å²) in [5.74, 6) is 0. The molecule has 0 saturated carbocycles. The zero-order valence-electron chi connectivity index (χ0n) is 13.7. The molecule has 25 heavy (non-hydrogen) atoms. The highest BCUT2D eigenvalue weighted by Gasteiger charge is 2.03. The van der Waals surface area contributed by atoms with Gasteiger partial charge in [-0.2, -0.15) is 0 Å². The first-order valence-corrected chi connectivity index (χ1v) is 8.54. The second-order valence-electron chi connectivity index (χ2n) is 6.41. The van der Waals surface area contributed by atoms with Crippen LogP contribution >= 0.6 is 0 Å². The van der Waals surface area contributed by atoms with Gasteiger partial charge < -0.3 is 5.32 Å². The summed E-state index contributed by atoms with van der Waals surface area (Å²) in [6.07, 6.45) is 0. The Morgan fingerprint density at radius 3 is 1.80 bits per heavy atom. The molecule has 0 aliphatic carbocycles. The maximum atomic E-state index is 3.55. The van der Waals surface area contributed by atoms with Gasteiger partial charge in [-0.3, -0.25) is 0 Å². The van der Waals surface area contributed by atoms with Gasteiger partial charge in [0.15, 0.2) is 0 Å². The highest BCUT2D eigenvalue weighted by Crippen LogP contribution is 2.29. The minimum atomic E-state index is 1.11. The predicted molar refractivity (Wildman–Crippen MR) is 109 cm³/mol. The highest BCUT2D eigenvalue weighted by atomic mass is 14.9. The molecule has 0 aliphatic heterocycles. The minimum absolute atomic E-state index is 1.11. The molecule has 0 heterocycles. The Morgan fingerprint density at radius 1 is 0.400 bits per heavy atom. The molecule has 1 N–H and O–H groups in total. The largest absolute Gasteiger partial charge is 0.355 e. The van der Waals surface area contributed by atoms with Crippen LogP contribution in [0.3, 0.4) is 0 Å². The molecule has 0 atom stereocenters. The van der Waals surface area contributed by atoms with Gasteiger partial charge in [0.25, 0.3) is 0 Å². The van der Waals surface area contributed by atoms with Gasteiger partial charge in [-0.15, -0.1) is 0 Å². The Hall–Kier alpha value is -3.32. The van der Waals surface area contributed by atoms with Gasteiger partial charge in [0, 0.05) is 11.4 Å². The molecule has 5 aromatic rings. The van der Waals surface area contributed by atoms with Crippen LogP contribution in [0.4, 0.5) is 11.4 Å². The van der Waals surface area contributed by atoms with Crippen molar-refractivity contribution >= 4 is 43.7 Å². The van der Waals surface area contributed by atoms with Crippen LogP contribution in [0.5, 0.6) is 0 Å². The van der Waals surface area contributed by atoms with Gasteiger partial charge in [-0.25, -0.2) is 0 Å². The summed E-state index contributed by atoms with van der Waals surface area (Å²) < 4.78 is 0. The molecule has 0 radical (unpaired) electrons. The third kappa shape index (κ3) is 2.50. The molecule has 0 saturated heterocycles. The van der Waals surface area contributed by atoms with E-state index >= 15 is 0 Å². The Kier molecular flexibility index (Phi) is 3.17. The SMILES string of the molecule is c1ccc2cc(Nc3ccc4ccc5ccccc5c4c3)ccc2c1. The normalized spacial score (nSPS) is 11.2. The number of hydrogen-bond donors (Lipinski definition) is 1. The van der Waals surface area contributed by atoms with E-state index in [4.69, 9.17) is 0 Å². The first-order chi connectivity index (χ1) is 12.4. The number of benzene rings is 5. The van der Waals surface area contributed by atoms with Crippen molar-refractivity contribution in [3.63, 3.8) is 0 Å². The molecule has 0 bridgehead atoms. The van der Waals surface area contributed by atoms with Crippen molar-refractivity contribution in [2.24, 2.45) is 0 Å². The van der Waals surface area contributed by atoms with Crippen molar-refractivity contribution in [3.8, 4) is 0 Å². The molecular formula is C24H17N. The van der Waals surface area contributed by atoms with Crippen molar-refractivity contribution in [1.82, 2.24) is 0 Å². The molecule has 1 nitrogen and oxygen atoms in total. The Labute approximate surface area is 146 Å². The van der Waals surface area contributed by atoms with Crippen LogP contribution in [0.15, 0.2) is 97.1 Å². The van der Waals surface area contributed by atoms with E-state index in [1.807, 2.05) is 0 Å². The summed E-state index contributed by atoms with van der Waals surface area (Å²) in [5, 5.41) is 11.2. The molecule has 118 valence electrons. The zero-order chi connectivity index (χ0) is 16.6. The fourth-order valence-electron chi connectivity index (χ4n) is 3.51. The van der Waals surface area contributed by atoms with E-state index in [9.17, 15) is 0 Å². The monoisotopic (exact) mass is 319 g/mol. The van der Waals surface area contributed by atoms with Gasteiger partial charge in [0.2, 0.25) is 0 Å². The molecule has 5 aromatic carbocycles. The molecule has 0 amide bonds. The fraction of sp³-hybridized carbons (Fsp3) is 0. The van der Waals surface area contributed by atoms with E-state index in [0.29, 0.717) is 0 Å². The highest BCUT2D eigenvalue weighted by molar-refractivity contribution is 6.08. The molecule has 0 aromatic heterocycles. The molecule has 1 heteroatoms. The maximum Gasteiger partial charge on any atom is 0.0390 e. The molecular weight excluding hydrogens is 302 g/mol. The van der Waals surface area contributed by atoms with Crippen molar-refractivity contribution in [3.05, 3.63) is 97.1 Å². The summed E-state index contributed by atoms with van der Waals surface area (Å²) >= 11 is 0. The lowest BCUT2D eigenvalue weighted by Crippen LogP contribution is -1.90. The van der Waals surface area contributed by atoms with Crippen molar-refractivity contribution in [2.75, 3.05) is 5.32 Å². The summed E-state index contributed by atoms with van der Waals surface area (Å²) in [6, 6.07) is 34.4. The lowest BCUT2D eigenvalue weighted by Gasteiger charge is -2.10. The van der Waals surface area contributed by atoms with Crippen molar-refractivity contribution < 1.29 is 0 Å². The number of hydrogen-bond acceptors (Lipinski definition) is 1. The summed E-state index contributed by atoms with van der Waals surface area (Å²) in [6.45, 7) is 0. The first-order valence-electron chi connectivity index (χ1n) is 8.54. The second-order valence-corrected chi connectivity index (χ2v) is 6.41. The maximum absolute atomic E-state index is 3.55. The van der Waals surface area contributed by atoms with E-state index in [-0.39, 0.29) is 0 Å². The van der Waals surface area contributed by atoms with Crippen LogP contribution in [0.2, 0.25) is 0 Å².